The van der Waals surface area contributed by atoms with Gasteiger partial charge in [-0.25, -0.2) is 0 Å². The third-order valence-electron chi connectivity index (χ3n) is 6.03. The molecule has 0 radical (unpaired) electrons. The van der Waals surface area contributed by atoms with Crippen molar-refractivity contribution in [3.05, 3.63) is 30.3 Å². The first-order valence-corrected chi connectivity index (χ1v) is 12.2. The Kier molecular flexibility index (Phi) is 12.6. The van der Waals surface area contributed by atoms with Gasteiger partial charge >= 0.3 is 23.9 Å². The minimum atomic E-state index is -1.18. The number of carbonyl (C=O) groups is 5. The van der Waals surface area contributed by atoms with Gasteiger partial charge in [0.1, 0.15) is 6.54 Å². The Morgan fingerprint density at radius 1 is 0.553 bits per heavy atom. The number of benzene rings is 1. The highest BCUT2D eigenvalue weighted by molar-refractivity contribution is 5.98. The maximum absolute atomic E-state index is 13.2. The Labute approximate surface area is 220 Å². The number of carboxylic acids is 4. The summed E-state index contributed by atoms with van der Waals surface area (Å²) in [6.45, 7) is 0.565. The quantitative estimate of drug-likeness (QED) is 0.258. The summed E-state index contributed by atoms with van der Waals surface area (Å²) < 4.78 is 0. The van der Waals surface area contributed by atoms with E-state index in [2.05, 4.69) is 0 Å². The van der Waals surface area contributed by atoms with Crippen molar-refractivity contribution in [2.45, 2.75) is 0 Å². The van der Waals surface area contributed by atoms with E-state index in [0.717, 1.165) is 4.90 Å². The highest BCUT2D eigenvalue weighted by Crippen LogP contribution is 2.14. The van der Waals surface area contributed by atoms with Crippen molar-refractivity contribution in [3.63, 3.8) is 0 Å². The first kappa shape index (κ1) is 30.6. The summed E-state index contributed by atoms with van der Waals surface area (Å²) in [7, 11) is 0. The number of carboxylic acid groups (broad SMARTS) is 4. The number of nitrogens with zero attached hydrogens (tertiary/aromatic N) is 5. The fraction of sp³-hybridized carbons (Fsp3) is 0.542. The van der Waals surface area contributed by atoms with Gasteiger partial charge in [-0.05, 0) is 12.1 Å². The lowest BCUT2D eigenvalue weighted by atomic mass is 10.2. The summed E-state index contributed by atoms with van der Waals surface area (Å²) in [6, 6.07) is 8.38. The topological polar surface area (TPSA) is 182 Å². The van der Waals surface area contributed by atoms with Crippen LogP contribution in [-0.4, -0.2) is 155 Å². The fourth-order valence-electron chi connectivity index (χ4n) is 4.13. The molecule has 38 heavy (non-hydrogen) atoms. The number of hydrogen-bond donors (Lipinski definition) is 4. The monoisotopic (exact) mass is 537 g/mol. The average molecular weight is 538 g/mol. The molecule has 1 aromatic carbocycles. The molecule has 14 heteroatoms. The van der Waals surface area contributed by atoms with Crippen LogP contribution in [0.3, 0.4) is 0 Å². The maximum atomic E-state index is 13.2. The number of amides is 1. The zero-order chi connectivity index (χ0) is 28.1. The molecule has 0 atom stereocenters. The second-order valence-electron chi connectivity index (χ2n) is 8.99. The molecule has 4 N–H and O–H groups in total. The molecule has 14 nitrogen and oxygen atoms in total. The Balaban J connectivity index is 2.23. The van der Waals surface area contributed by atoms with Crippen LogP contribution in [0.25, 0.3) is 0 Å². The molecule has 0 aliphatic carbocycles. The van der Waals surface area contributed by atoms with E-state index in [1.54, 1.807) is 49.9 Å². The molecule has 1 aliphatic rings. The number of hydrogen-bond acceptors (Lipinski definition) is 9. The smallest absolute Gasteiger partial charge is 0.323 e. The van der Waals surface area contributed by atoms with Crippen LogP contribution in [0.4, 0.5) is 5.69 Å². The van der Waals surface area contributed by atoms with Gasteiger partial charge in [-0.15, -0.1) is 0 Å². The van der Waals surface area contributed by atoms with Crippen molar-refractivity contribution >= 4 is 35.5 Å². The van der Waals surface area contributed by atoms with E-state index in [1.807, 2.05) is 0 Å². The summed E-state index contributed by atoms with van der Waals surface area (Å²) in [4.78, 5) is 66.6. The van der Waals surface area contributed by atoms with Crippen molar-refractivity contribution in [3.8, 4) is 0 Å². The minimum Gasteiger partial charge on any atom is -0.480 e. The molecule has 1 fully saturated rings. The van der Waals surface area contributed by atoms with Gasteiger partial charge in [-0.3, -0.25) is 43.6 Å². The van der Waals surface area contributed by atoms with Crippen molar-refractivity contribution in [2.24, 2.45) is 0 Å². The summed E-state index contributed by atoms with van der Waals surface area (Å²) in [5.74, 6) is -4.78. The van der Waals surface area contributed by atoms with Gasteiger partial charge in [0.2, 0.25) is 5.91 Å². The highest BCUT2D eigenvalue weighted by Gasteiger charge is 2.24. The molecule has 0 aromatic heterocycles. The summed E-state index contributed by atoms with van der Waals surface area (Å²) in [5.41, 5.74) is 0.424. The van der Waals surface area contributed by atoms with Gasteiger partial charge in [-0.2, -0.15) is 0 Å². The number of aliphatic carboxylic acids is 4. The molecule has 0 saturated carbocycles. The molecular weight excluding hydrogens is 502 g/mol. The molecule has 1 heterocycles. The average Bonchev–Trinajstić information content (AvgIpc) is 2.83. The second kappa shape index (κ2) is 15.6. The van der Waals surface area contributed by atoms with E-state index in [1.165, 1.54) is 0 Å². The van der Waals surface area contributed by atoms with Crippen molar-refractivity contribution < 1.29 is 44.4 Å². The summed E-state index contributed by atoms with van der Waals surface area (Å²) >= 11 is 0. The van der Waals surface area contributed by atoms with Crippen LogP contribution in [0.1, 0.15) is 0 Å². The van der Waals surface area contributed by atoms with Crippen LogP contribution in [0.5, 0.6) is 0 Å². The number of anilines is 1. The summed E-state index contributed by atoms with van der Waals surface area (Å²) in [6.07, 6.45) is 0. The van der Waals surface area contributed by atoms with E-state index in [4.69, 9.17) is 0 Å². The normalized spacial score (nSPS) is 17.2. The molecule has 0 bridgehead atoms. The molecule has 210 valence electrons. The van der Waals surface area contributed by atoms with E-state index >= 15 is 0 Å². The highest BCUT2D eigenvalue weighted by atomic mass is 16.4. The fourth-order valence-corrected chi connectivity index (χ4v) is 4.13. The molecule has 0 spiro atoms. The molecule has 0 unspecified atom stereocenters. The van der Waals surface area contributed by atoms with E-state index < -0.39 is 36.3 Å². The SMILES string of the molecule is O=C(O)CN1CCN(CC(=O)O)CCN(CC(=O)N(CC(=O)O)c2ccccc2)CCN(CC(=O)O)CC1. The maximum Gasteiger partial charge on any atom is 0.323 e. The largest absolute Gasteiger partial charge is 0.480 e. The van der Waals surface area contributed by atoms with Crippen LogP contribution in [0, 0.1) is 0 Å². The Bertz CT molecular complexity index is 930. The lowest BCUT2D eigenvalue weighted by molar-refractivity contribution is -0.140. The van der Waals surface area contributed by atoms with Gasteiger partial charge in [0.05, 0.1) is 26.2 Å². The van der Waals surface area contributed by atoms with Crippen molar-refractivity contribution in [1.29, 1.82) is 0 Å². The standard InChI is InChI=1S/C24H35N5O9/c30-20(29(18-24(37)38)19-4-2-1-3-5-19)14-25-6-8-26(15-21(31)32)10-12-28(17-23(35)36)13-11-27(9-7-25)16-22(33)34/h1-5H,6-18H2,(H,31,32)(H,33,34)(H,35,36)(H,37,38). The van der Waals surface area contributed by atoms with Crippen molar-refractivity contribution in [2.75, 3.05) is 90.0 Å². The first-order valence-electron chi connectivity index (χ1n) is 12.2. The lowest BCUT2D eigenvalue weighted by Crippen LogP contribution is -2.50. The van der Waals surface area contributed by atoms with Crippen LogP contribution >= 0.6 is 0 Å². The van der Waals surface area contributed by atoms with Gasteiger partial charge < -0.3 is 25.3 Å². The third-order valence-corrected chi connectivity index (χ3v) is 6.03. The van der Waals surface area contributed by atoms with Crippen LogP contribution in [0.15, 0.2) is 30.3 Å². The molecule has 1 aliphatic heterocycles. The zero-order valence-corrected chi connectivity index (χ0v) is 21.1. The predicted molar refractivity (Wildman–Crippen MR) is 135 cm³/mol. The molecular formula is C24H35N5O9. The summed E-state index contributed by atoms with van der Waals surface area (Å²) in [5, 5.41) is 37.3. The molecule has 1 saturated heterocycles. The number of rotatable bonds is 11. The lowest BCUT2D eigenvalue weighted by Gasteiger charge is -2.33. The van der Waals surface area contributed by atoms with Gasteiger partial charge in [0.15, 0.2) is 0 Å². The van der Waals surface area contributed by atoms with Crippen LogP contribution in [0.2, 0.25) is 0 Å². The Morgan fingerprint density at radius 3 is 1.21 bits per heavy atom. The van der Waals surface area contributed by atoms with Crippen LogP contribution in [-0.2, 0) is 24.0 Å². The van der Waals surface area contributed by atoms with Gasteiger partial charge in [0, 0.05) is 58.0 Å². The zero-order valence-electron chi connectivity index (χ0n) is 21.1. The van der Waals surface area contributed by atoms with E-state index in [0.29, 0.717) is 5.69 Å². The molecule has 1 amide bonds. The second-order valence-corrected chi connectivity index (χ2v) is 8.99. The minimum absolute atomic E-state index is 0.158. The van der Waals surface area contributed by atoms with Crippen molar-refractivity contribution in [1.82, 2.24) is 19.6 Å². The van der Waals surface area contributed by atoms with Crippen LogP contribution < -0.4 is 4.90 Å². The number of para-hydroxylation sites is 1. The Hall–Kier alpha value is -3.59. The molecule has 1 aromatic rings. The number of carbonyl (C=O) groups excluding carboxylic acids is 1. The van der Waals surface area contributed by atoms with Gasteiger partial charge in [0.25, 0.3) is 0 Å². The van der Waals surface area contributed by atoms with Gasteiger partial charge in [-0.1, -0.05) is 18.2 Å². The van der Waals surface area contributed by atoms with E-state index in [-0.39, 0.29) is 78.5 Å². The third kappa shape index (κ3) is 11.6. The Morgan fingerprint density at radius 2 is 0.895 bits per heavy atom. The first-order chi connectivity index (χ1) is 18.0. The predicted octanol–water partition coefficient (Wildman–Crippen LogP) is -1.42. The molecule has 2 rings (SSSR count). The van der Waals surface area contributed by atoms with E-state index in [9.17, 15) is 44.4 Å².